The second-order valence-corrected chi connectivity index (χ2v) is 8.26. The molecule has 1 atom stereocenters. The number of hydrazone groups is 1. The Hall–Kier alpha value is -5.05. The number of hydrogen-bond donors (Lipinski definition) is 2. The summed E-state index contributed by atoms with van der Waals surface area (Å²) in [6.07, 6.45) is 1.34. The summed E-state index contributed by atoms with van der Waals surface area (Å²) in [6, 6.07) is 25.4. The Morgan fingerprint density at radius 1 is 1.00 bits per heavy atom. The van der Waals surface area contributed by atoms with Gasteiger partial charge in [0.05, 0.1) is 23.6 Å². The molecule has 3 aromatic carbocycles. The van der Waals surface area contributed by atoms with E-state index in [-0.39, 0.29) is 18.0 Å². The van der Waals surface area contributed by atoms with E-state index in [9.17, 15) is 19.7 Å². The summed E-state index contributed by atoms with van der Waals surface area (Å²) in [4.78, 5) is 35.8. The van der Waals surface area contributed by atoms with Crippen LogP contribution in [0.4, 0.5) is 5.69 Å². The van der Waals surface area contributed by atoms with Crippen molar-refractivity contribution in [1.29, 1.82) is 0 Å². The summed E-state index contributed by atoms with van der Waals surface area (Å²) in [5.41, 5.74) is 5.18. The number of nitrogens with one attached hydrogen (secondary N) is 2. The van der Waals surface area contributed by atoms with Crippen molar-refractivity contribution >= 4 is 23.7 Å². The lowest BCUT2D eigenvalue weighted by Gasteiger charge is -2.18. The highest BCUT2D eigenvalue weighted by molar-refractivity contribution is 5.94. The van der Waals surface area contributed by atoms with E-state index in [4.69, 9.17) is 4.42 Å². The molecule has 0 aliphatic heterocycles. The molecule has 0 saturated carbocycles. The van der Waals surface area contributed by atoms with Gasteiger partial charge in [0.15, 0.2) is 0 Å². The molecule has 1 aromatic heterocycles. The summed E-state index contributed by atoms with van der Waals surface area (Å²) >= 11 is 0. The monoisotopic (exact) mass is 496 g/mol. The summed E-state index contributed by atoms with van der Waals surface area (Å²) in [5.74, 6) is 0.241. The Kier molecular flexibility index (Phi) is 7.85. The van der Waals surface area contributed by atoms with Crippen molar-refractivity contribution in [2.75, 3.05) is 0 Å². The summed E-state index contributed by atoms with van der Waals surface area (Å²) in [5, 5.41) is 17.8. The maximum absolute atomic E-state index is 12.7. The number of hydrogen-bond acceptors (Lipinski definition) is 6. The predicted octanol–water partition coefficient (Wildman–Crippen LogP) is 5.17. The molecule has 4 aromatic rings. The van der Waals surface area contributed by atoms with Crippen LogP contribution in [-0.2, 0) is 4.79 Å². The number of nitrogens with zero attached hydrogens (tertiary/aromatic N) is 2. The van der Waals surface area contributed by atoms with Gasteiger partial charge < -0.3 is 9.73 Å². The van der Waals surface area contributed by atoms with Crippen molar-refractivity contribution in [3.8, 4) is 11.3 Å². The van der Waals surface area contributed by atoms with Crippen LogP contribution >= 0.6 is 0 Å². The third-order valence-electron chi connectivity index (χ3n) is 5.63. The van der Waals surface area contributed by atoms with Gasteiger partial charge in [0.2, 0.25) is 5.91 Å². The van der Waals surface area contributed by atoms with Gasteiger partial charge >= 0.3 is 0 Å². The van der Waals surface area contributed by atoms with Gasteiger partial charge in [-0.25, -0.2) is 5.43 Å². The summed E-state index contributed by atoms with van der Waals surface area (Å²) < 4.78 is 5.76. The minimum absolute atomic E-state index is 0.00562. The molecule has 37 heavy (non-hydrogen) atoms. The van der Waals surface area contributed by atoms with E-state index in [0.29, 0.717) is 28.2 Å². The quantitative estimate of drug-likeness (QED) is 0.188. The normalized spacial score (nSPS) is 11.7. The number of rotatable bonds is 9. The average Bonchev–Trinajstić information content (AvgIpc) is 3.37. The fourth-order valence-corrected chi connectivity index (χ4v) is 3.77. The Balaban J connectivity index is 1.40. The molecule has 2 amide bonds. The van der Waals surface area contributed by atoms with Crippen LogP contribution in [0.1, 0.15) is 39.7 Å². The minimum atomic E-state index is -0.551. The van der Waals surface area contributed by atoms with Crippen molar-refractivity contribution < 1.29 is 18.9 Å². The van der Waals surface area contributed by atoms with E-state index >= 15 is 0 Å². The molecule has 9 heteroatoms. The molecule has 0 aliphatic carbocycles. The predicted molar refractivity (Wildman–Crippen MR) is 139 cm³/mol. The molecule has 4 rings (SSSR count). The number of furan rings is 1. The first-order valence-corrected chi connectivity index (χ1v) is 11.5. The molecule has 0 aliphatic rings. The number of amides is 2. The number of carbonyl (C=O) groups excluding carboxylic acids is 2. The van der Waals surface area contributed by atoms with Gasteiger partial charge in [-0.3, -0.25) is 19.7 Å². The van der Waals surface area contributed by atoms with Gasteiger partial charge in [-0.2, -0.15) is 5.10 Å². The highest BCUT2D eigenvalue weighted by Crippen LogP contribution is 2.28. The number of nitro benzene ring substituents is 1. The Labute approximate surface area is 213 Å². The number of carbonyl (C=O) groups is 2. The number of benzene rings is 3. The van der Waals surface area contributed by atoms with Crippen LogP contribution in [0.5, 0.6) is 0 Å². The maximum Gasteiger partial charge on any atom is 0.269 e. The van der Waals surface area contributed by atoms with Gasteiger partial charge in [0.1, 0.15) is 11.5 Å². The lowest BCUT2D eigenvalue weighted by atomic mass is 10.0. The van der Waals surface area contributed by atoms with Crippen LogP contribution in [0.25, 0.3) is 11.3 Å². The van der Waals surface area contributed by atoms with Crippen LogP contribution in [0, 0.1) is 17.0 Å². The van der Waals surface area contributed by atoms with Crippen molar-refractivity contribution in [3.05, 3.63) is 124 Å². The zero-order valence-corrected chi connectivity index (χ0v) is 20.0. The first-order chi connectivity index (χ1) is 17.9. The van der Waals surface area contributed by atoms with Crippen molar-refractivity contribution in [2.45, 2.75) is 19.4 Å². The fourth-order valence-electron chi connectivity index (χ4n) is 3.77. The molecular weight excluding hydrogens is 472 g/mol. The molecule has 9 nitrogen and oxygen atoms in total. The van der Waals surface area contributed by atoms with Crippen LogP contribution in [0.15, 0.2) is 101 Å². The van der Waals surface area contributed by atoms with Gasteiger partial charge in [0.25, 0.3) is 11.6 Å². The van der Waals surface area contributed by atoms with E-state index in [0.717, 1.165) is 5.56 Å². The largest absolute Gasteiger partial charge is 0.455 e. The summed E-state index contributed by atoms with van der Waals surface area (Å²) in [7, 11) is 0. The molecule has 2 N–H and O–H groups in total. The first kappa shape index (κ1) is 25.1. The van der Waals surface area contributed by atoms with Crippen LogP contribution in [0.2, 0.25) is 0 Å². The highest BCUT2D eigenvalue weighted by atomic mass is 16.6. The minimum Gasteiger partial charge on any atom is -0.455 e. The van der Waals surface area contributed by atoms with Crippen LogP contribution in [0.3, 0.4) is 0 Å². The zero-order valence-electron chi connectivity index (χ0n) is 20.0. The van der Waals surface area contributed by atoms with E-state index in [1.54, 1.807) is 49.4 Å². The molecule has 1 heterocycles. The molecule has 0 unspecified atom stereocenters. The summed E-state index contributed by atoms with van der Waals surface area (Å²) in [6.45, 7) is 1.76. The molecule has 0 spiro atoms. The van der Waals surface area contributed by atoms with Crippen molar-refractivity contribution in [1.82, 2.24) is 10.7 Å². The number of nitro groups is 1. The Bertz CT molecular complexity index is 1430. The molecule has 0 saturated heterocycles. The second-order valence-electron chi connectivity index (χ2n) is 8.26. The highest BCUT2D eigenvalue weighted by Gasteiger charge is 2.19. The SMILES string of the molecule is Cc1cc([N+](=O)[O-])ccc1-c1ccc(/C=N\NC(=O)C[C@@H](NC(=O)c2ccccc2)c2ccccc2)o1. The Morgan fingerprint density at radius 2 is 1.70 bits per heavy atom. The second kappa shape index (κ2) is 11.6. The Morgan fingerprint density at radius 3 is 2.38 bits per heavy atom. The number of aryl methyl sites for hydroxylation is 1. The van der Waals surface area contributed by atoms with Crippen LogP contribution in [-0.4, -0.2) is 23.0 Å². The van der Waals surface area contributed by atoms with Gasteiger partial charge in [-0.05, 0) is 48.4 Å². The average molecular weight is 497 g/mol. The van der Waals surface area contributed by atoms with E-state index < -0.39 is 16.9 Å². The zero-order chi connectivity index (χ0) is 26.2. The molecular formula is C28H24N4O5. The van der Waals surface area contributed by atoms with Crippen molar-refractivity contribution in [3.63, 3.8) is 0 Å². The number of non-ortho nitro benzene ring substituents is 1. The van der Waals surface area contributed by atoms with Crippen LogP contribution < -0.4 is 10.7 Å². The van der Waals surface area contributed by atoms with Gasteiger partial charge in [-0.1, -0.05) is 48.5 Å². The first-order valence-electron chi connectivity index (χ1n) is 11.5. The van der Waals surface area contributed by atoms with Gasteiger partial charge in [0, 0.05) is 23.3 Å². The molecule has 0 bridgehead atoms. The third kappa shape index (κ3) is 6.55. The van der Waals surface area contributed by atoms with Crippen molar-refractivity contribution in [2.24, 2.45) is 5.10 Å². The molecule has 186 valence electrons. The lowest BCUT2D eigenvalue weighted by molar-refractivity contribution is -0.384. The lowest BCUT2D eigenvalue weighted by Crippen LogP contribution is -2.32. The van der Waals surface area contributed by atoms with Gasteiger partial charge in [-0.15, -0.1) is 0 Å². The van der Waals surface area contributed by atoms with E-state index in [1.807, 2.05) is 36.4 Å². The third-order valence-corrected chi connectivity index (χ3v) is 5.63. The topological polar surface area (TPSA) is 127 Å². The van der Waals surface area contributed by atoms with E-state index in [1.165, 1.54) is 18.3 Å². The maximum atomic E-state index is 12.7. The smallest absolute Gasteiger partial charge is 0.269 e. The fraction of sp³-hybridized carbons (Fsp3) is 0.107. The molecule has 0 fully saturated rings. The standard InChI is InChI=1S/C28H24N4O5/c1-19-16-22(32(35)36)12-14-24(19)26-15-13-23(37-26)18-29-31-27(33)17-25(20-8-4-2-5-9-20)30-28(34)21-10-6-3-7-11-21/h2-16,18,25H,17H2,1H3,(H,30,34)(H,31,33)/b29-18-/t25-/m1/s1. The van der Waals surface area contributed by atoms with E-state index in [2.05, 4.69) is 15.8 Å². The molecule has 0 radical (unpaired) electrons.